The van der Waals surface area contributed by atoms with E-state index in [1.54, 1.807) is 38.1 Å². The van der Waals surface area contributed by atoms with Gasteiger partial charge in [0, 0.05) is 17.8 Å². The fourth-order valence-electron chi connectivity index (χ4n) is 2.06. The summed E-state index contributed by atoms with van der Waals surface area (Å²) in [7, 11) is 0. The lowest BCUT2D eigenvalue weighted by Gasteiger charge is -2.12. The third-order valence-corrected chi connectivity index (χ3v) is 2.96. The predicted octanol–water partition coefficient (Wildman–Crippen LogP) is 3.15. The van der Waals surface area contributed by atoms with Gasteiger partial charge in [-0.2, -0.15) is 0 Å². The molecule has 0 bridgehead atoms. The Morgan fingerprint density at radius 3 is 2.70 bits per heavy atom. The maximum atomic E-state index is 13.5. The van der Waals surface area contributed by atoms with Gasteiger partial charge in [0.05, 0.1) is 0 Å². The molecule has 0 aliphatic heterocycles. The number of carboxylic acid groups (broad SMARTS) is 1. The molecule has 104 valence electrons. The van der Waals surface area contributed by atoms with Crippen molar-refractivity contribution in [3.8, 4) is 0 Å². The molecule has 0 amide bonds. The Bertz CT molecular complexity index is 656. The largest absolute Gasteiger partial charge is 0.478 e. The molecule has 1 aromatic heterocycles. The summed E-state index contributed by atoms with van der Waals surface area (Å²) in [5, 5.41) is 12.1. The fourth-order valence-corrected chi connectivity index (χ4v) is 2.06. The van der Waals surface area contributed by atoms with E-state index in [4.69, 9.17) is 0 Å². The zero-order chi connectivity index (χ0) is 14.7. The minimum Gasteiger partial charge on any atom is -0.478 e. The summed E-state index contributed by atoms with van der Waals surface area (Å²) in [6, 6.07) is 8.05. The van der Waals surface area contributed by atoms with Crippen LogP contribution in [0.5, 0.6) is 0 Å². The molecular formula is C15H15FN2O2. The number of halogens is 1. The molecule has 0 fully saturated rings. The minimum atomic E-state index is -1.05. The number of carboxylic acids is 1. The van der Waals surface area contributed by atoms with Crippen LogP contribution in [0, 0.1) is 19.7 Å². The van der Waals surface area contributed by atoms with Gasteiger partial charge in [-0.05, 0) is 31.5 Å². The Kier molecular flexibility index (Phi) is 3.98. The van der Waals surface area contributed by atoms with Crippen LogP contribution in [0.1, 0.15) is 27.2 Å². The molecule has 1 heterocycles. The number of hydrogen-bond acceptors (Lipinski definition) is 3. The highest BCUT2D eigenvalue weighted by atomic mass is 19.1. The van der Waals surface area contributed by atoms with E-state index in [0.717, 1.165) is 0 Å². The molecule has 0 aliphatic carbocycles. The summed E-state index contributed by atoms with van der Waals surface area (Å²) < 4.78 is 13.5. The first-order valence-corrected chi connectivity index (χ1v) is 6.18. The first-order chi connectivity index (χ1) is 9.49. The van der Waals surface area contributed by atoms with Crippen LogP contribution in [0.4, 0.5) is 10.2 Å². The van der Waals surface area contributed by atoms with Crippen LogP contribution in [0.2, 0.25) is 0 Å². The lowest BCUT2D eigenvalue weighted by Crippen LogP contribution is -2.11. The van der Waals surface area contributed by atoms with Crippen molar-refractivity contribution in [2.75, 3.05) is 5.32 Å². The number of aryl methyl sites for hydroxylation is 2. The van der Waals surface area contributed by atoms with Crippen molar-refractivity contribution >= 4 is 11.8 Å². The number of aromatic nitrogens is 1. The van der Waals surface area contributed by atoms with Crippen LogP contribution in [0.3, 0.4) is 0 Å². The summed E-state index contributed by atoms with van der Waals surface area (Å²) in [6.45, 7) is 3.68. The molecule has 0 saturated heterocycles. The van der Waals surface area contributed by atoms with E-state index in [0.29, 0.717) is 16.8 Å². The quantitative estimate of drug-likeness (QED) is 0.899. The maximum absolute atomic E-state index is 13.5. The molecule has 0 atom stereocenters. The first kappa shape index (κ1) is 14.0. The van der Waals surface area contributed by atoms with Crippen molar-refractivity contribution < 1.29 is 14.3 Å². The number of nitrogens with one attached hydrogen (secondary N) is 1. The summed E-state index contributed by atoms with van der Waals surface area (Å²) in [6.07, 6.45) is 0. The number of pyridine rings is 1. The van der Waals surface area contributed by atoms with E-state index in [2.05, 4.69) is 10.3 Å². The van der Waals surface area contributed by atoms with Crippen molar-refractivity contribution in [3.63, 3.8) is 0 Å². The van der Waals surface area contributed by atoms with Gasteiger partial charge in [-0.15, -0.1) is 0 Å². The van der Waals surface area contributed by atoms with Crippen LogP contribution in [-0.2, 0) is 6.54 Å². The van der Waals surface area contributed by atoms with Crippen LogP contribution >= 0.6 is 0 Å². The molecule has 0 aliphatic rings. The Balaban J connectivity index is 2.30. The van der Waals surface area contributed by atoms with Crippen LogP contribution in [0.15, 0.2) is 30.3 Å². The van der Waals surface area contributed by atoms with E-state index in [1.807, 2.05) is 0 Å². The van der Waals surface area contributed by atoms with Gasteiger partial charge >= 0.3 is 5.97 Å². The third-order valence-electron chi connectivity index (χ3n) is 2.96. The normalized spacial score (nSPS) is 10.3. The fraction of sp³-hybridized carbons (Fsp3) is 0.200. The van der Waals surface area contributed by atoms with Gasteiger partial charge in [-0.3, -0.25) is 0 Å². The van der Waals surface area contributed by atoms with Crippen molar-refractivity contribution in [2.45, 2.75) is 20.4 Å². The van der Waals surface area contributed by atoms with Crippen molar-refractivity contribution in [1.29, 1.82) is 0 Å². The number of anilines is 1. The molecule has 0 spiro atoms. The van der Waals surface area contributed by atoms with Gasteiger partial charge in [-0.1, -0.05) is 18.2 Å². The molecule has 2 aromatic rings. The molecule has 4 nitrogen and oxygen atoms in total. The predicted molar refractivity (Wildman–Crippen MR) is 74.4 cm³/mol. The van der Waals surface area contributed by atoms with Crippen LogP contribution < -0.4 is 5.32 Å². The second-order valence-electron chi connectivity index (χ2n) is 4.55. The van der Waals surface area contributed by atoms with E-state index in [1.165, 1.54) is 6.07 Å². The Labute approximate surface area is 116 Å². The molecule has 0 radical (unpaired) electrons. The van der Waals surface area contributed by atoms with E-state index in [9.17, 15) is 14.3 Å². The maximum Gasteiger partial charge on any atom is 0.339 e. The SMILES string of the molecule is Cc1cc(C)c(C(=O)O)c(NCc2ccccc2F)n1. The van der Waals surface area contributed by atoms with Crippen molar-refractivity contribution in [2.24, 2.45) is 0 Å². The molecule has 2 N–H and O–H groups in total. The first-order valence-electron chi connectivity index (χ1n) is 6.18. The van der Waals surface area contributed by atoms with E-state index in [-0.39, 0.29) is 23.7 Å². The van der Waals surface area contributed by atoms with E-state index >= 15 is 0 Å². The van der Waals surface area contributed by atoms with Crippen molar-refractivity contribution in [3.05, 3.63) is 58.5 Å². The molecular weight excluding hydrogens is 259 g/mol. The van der Waals surface area contributed by atoms with Crippen molar-refractivity contribution in [1.82, 2.24) is 4.98 Å². The Hall–Kier alpha value is -2.43. The van der Waals surface area contributed by atoms with E-state index < -0.39 is 5.97 Å². The third kappa shape index (κ3) is 2.93. The molecule has 2 rings (SSSR count). The number of aromatic carboxylic acids is 1. The molecule has 0 unspecified atom stereocenters. The van der Waals surface area contributed by atoms with Crippen LogP contribution in [0.25, 0.3) is 0 Å². The summed E-state index contributed by atoms with van der Waals surface area (Å²) in [5.41, 5.74) is 1.92. The highest BCUT2D eigenvalue weighted by molar-refractivity contribution is 5.94. The zero-order valence-electron chi connectivity index (χ0n) is 11.3. The average molecular weight is 274 g/mol. The van der Waals surface area contributed by atoms with Gasteiger partial charge in [-0.25, -0.2) is 14.2 Å². The minimum absolute atomic E-state index is 0.118. The summed E-state index contributed by atoms with van der Waals surface area (Å²) >= 11 is 0. The monoisotopic (exact) mass is 274 g/mol. The van der Waals surface area contributed by atoms with Crippen LogP contribution in [-0.4, -0.2) is 16.1 Å². The second-order valence-corrected chi connectivity index (χ2v) is 4.55. The smallest absolute Gasteiger partial charge is 0.339 e. The van der Waals surface area contributed by atoms with Gasteiger partial charge in [0.1, 0.15) is 17.2 Å². The summed E-state index contributed by atoms with van der Waals surface area (Å²) in [4.78, 5) is 15.5. The Morgan fingerprint density at radius 2 is 2.05 bits per heavy atom. The molecule has 1 aromatic carbocycles. The number of nitrogens with zero attached hydrogens (tertiary/aromatic N) is 1. The second kappa shape index (κ2) is 5.69. The number of carbonyl (C=O) groups is 1. The molecule has 20 heavy (non-hydrogen) atoms. The lowest BCUT2D eigenvalue weighted by molar-refractivity contribution is 0.0697. The standard InChI is InChI=1S/C15H15FN2O2/c1-9-7-10(2)18-14(13(9)15(19)20)17-8-11-5-3-4-6-12(11)16/h3-7H,8H2,1-2H3,(H,17,18)(H,19,20). The van der Waals surface area contributed by atoms with Gasteiger partial charge in [0.15, 0.2) is 0 Å². The van der Waals surface area contributed by atoms with Gasteiger partial charge in [0.2, 0.25) is 0 Å². The molecule has 0 saturated carbocycles. The highest BCUT2D eigenvalue weighted by Crippen LogP contribution is 2.20. The number of rotatable bonds is 4. The lowest BCUT2D eigenvalue weighted by atomic mass is 10.1. The number of benzene rings is 1. The molecule has 5 heteroatoms. The zero-order valence-corrected chi connectivity index (χ0v) is 11.3. The van der Waals surface area contributed by atoms with Gasteiger partial charge < -0.3 is 10.4 Å². The van der Waals surface area contributed by atoms with Gasteiger partial charge in [0.25, 0.3) is 0 Å². The average Bonchev–Trinajstić information content (AvgIpc) is 2.36. The topological polar surface area (TPSA) is 62.2 Å². The summed E-state index contributed by atoms with van der Waals surface area (Å²) in [5.74, 6) is -1.12. The Morgan fingerprint density at radius 1 is 1.35 bits per heavy atom. The number of hydrogen-bond donors (Lipinski definition) is 2. The highest BCUT2D eigenvalue weighted by Gasteiger charge is 2.15.